The number of hydrogen-bond acceptors (Lipinski definition) is 4. The molecule has 2 heterocycles. The summed E-state index contributed by atoms with van der Waals surface area (Å²) in [6.07, 6.45) is 1.48. The Kier molecular flexibility index (Phi) is 4.64. The molecule has 0 saturated carbocycles. The number of benzene rings is 1. The van der Waals surface area contributed by atoms with Crippen molar-refractivity contribution in [3.05, 3.63) is 41.8 Å². The molecule has 0 radical (unpaired) electrons. The number of piperidine rings is 1. The van der Waals surface area contributed by atoms with Crippen LogP contribution in [0.3, 0.4) is 0 Å². The maximum absolute atomic E-state index is 12.5. The first-order chi connectivity index (χ1) is 11.5. The molecule has 126 valence electrons. The molecule has 1 aromatic heterocycles. The first-order valence-corrected chi connectivity index (χ1v) is 8.07. The summed E-state index contributed by atoms with van der Waals surface area (Å²) in [5, 5.41) is 9.14. The first kappa shape index (κ1) is 16.2. The molecule has 3 rings (SSSR count). The lowest BCUT2D eigenvalue weighted by Gasteiger charge is -2.30. The second-order valence-corrected chi connectivity index (χ2v) is 6.08. The summed E-state index contributed by atoms with van der Waals surface area (Å²) in [6, 6.07) is 9.52. The topological polar surface area (TPSA) is 83.6 Å². The molecule has 0 unspecified atom stereocenters. The predicted octanol–water partition coefficient (Wildman–Crippen LogP) is 2.52. The zero-order chi connectivity index (χ0) is 17.1. The first-order valence-electron chi connectivity index (χ1n) is 8.07. The Bertz CT molecular complexity index is 739. The molecular formula is C18H20N2O4. The highest BCUT2D eigenvalue weighted by Crippen LogP contribution is 2.23. The number of carboxylic acid groups (broad SMARTS) is 1. The Morgan fingerprint density at radius 2 is 2.08 bits per heavy atom. The van der Waals surface area contributed by atoms with E-state index in [2.05, 4.69) is 4.98 Å². The summed E-state index contributed by atoms with van der Waals surface area (Å²) in [4.78, 5) is 29.7. The van der Waals surface area contributed by atoms with Gasteiger partial charge in [0.25, 0.3) is 0 Å². The molecule has 1 fully saturated rings. The van der Waals surface area contributed by atoms with Crippen LogP contribution >= 0.6 is 0 Å². The molecule has 0 spiro atoms. The van der Waals surface area contributed by atoms with Crippen LogP contribution in [0.25, 0.3) is 11.5 Å². The van der Waals surface area contributed by atoms with E-state index in [4.69, 9.17) is 9.52 Å². The van der Waals surface area contributed by atoms with Crippen LogP contribution in [0.5, 0.6) is 0 Å². The Labute approximate surface area is 140 Å². The monoisotopic (exact) mass is 328 g/mol. The van der Waals surface area contributed by atoms with Gasteiger partial charge < -0.3 is 14.4 Å². The molecule has 1 N–H and O–H groups in total. The van der Waals surface area contributed by atoms with Gasteiger partial charge in [-0.05, 0) is 31.9 Å². The molecule has 1 atom stereocenters. The molecule has 1 aliphatic rings. The second kappa shape index (κ2) is 6.86. The van der Waals surface area contributed by atoms with Gasteiger partial charge in [-0.15, -0.1) is 0 Å². The molecule has 24 heavy (non-hydrogen) atoms. The minimum atomic E-state index is -0.837. The Balaban J connectivity index is 1.71. The number of nitrogens with zero attached hydrogens (tertiary/aromatic N) is 2. The molecule has 2 aromatic rings. The van der Waals surface area contributed by atoms with Crippen LogP contribution in [0.2, 0.25) is 0 Å². The average molecular weight is 328 g/mol. The number of rotatable bonds is 4. The number of hydrogen-bond donors (Lipinski definition) is 1. The molecule has 0 bridgehead atoms. The fourth-order valence-corrected chi connectivity index (χ4v) is 2.96. The maximum Gasteiger partial charge on any atom is 0.308 e. The fourth-order valence-electron chi connectivity index (χ4n) is 2.96. The van der Waals surface area contributed by atoms with E-state index >= 15 is 0 Å². The molecular weight excluding hydrogens is 308 g/mol. The normalized spacial score (nSPS) is 17.7. The number of amides is 1. The van der Waals surface area contributed by atoms with E-state index in [9.17, 15) is 9.59 Å². The van der Waals surface area contributed by atoms with Gasteiger partial charge in [-0.3, -0.25) is 9.59 Å². The van der Waals surface area contributed by atoms with Crippen molar-refractivity contribution in [1.29, 1.82) is 0 Å². The lowest BCUT2D eigenvalue weighted by molar-refractivity contribution is -0.145. The summed E-state index contributed by atoms with van der Waals surface area (Å²) < 4.78 is 5.67. The van der Waals surface area contributed by atoms with Crippen molar-refractivity contribution in [3.63, 3.8) is 0 Å². The number of oxazole rings is 1. The van der Waals surface area contributed by atoms with Crippen molar-refractivity contribution in [1.82, 2.24) is 9.88 Å². The molecule has 1 amide bonds. The molecule has 1 aromatic carbocycles. The van der Waals surface area contributed by atoms with E-state index in [0.717, 1.165) is 12.0 Å². The van der Waals surface area contributed by atoms with E-state index in [1.54, 1.807) is 11.8 Å². The summed E-state index contributed by atoms with van der Waals surface area (Å²) in [5.74, 6) is -0.290. The van der Waals surface area contributed by atoms with E-state index < -0.39 is 11.9 Å². The van der Waals surface area contributed by atoms with E-state index in [1.165, 1.54) is 0 Å². The van der Waals surface area contributed by atoms with Crippen molar-refractivity contribution < 1.29 is 19.1 Å². The van der Waals surface area contributed by atoms with Gasteiger partial charge in [0.2, 0.25) is 11.8 Å². The number of aryl methyl sites for hydroxylation is 1. The van der Waals surface area contributed by atoms with Gasteiger partial charge in [0.1, 0.15) is 5.76 Å². The van der Waals surface area contributed by atoms with Crippen molar-refractivity contribution >= 4 is 11.9 Å². The molecule has 0 aliphatic carbocycles. The smallest absolute Gasteiger partial charge is 0.308 e. The number of likely N-dealkylation sites (tertiary alicyclic amines) is 1. The van der Waals surface area contributed by atoms with Crippen LogP contribution in [-0.4, -0.2) is 40.0 Å². The number of carbonyl (C=O) groups excluding carboxylic acids is 1. The summed E-state index contributed by atoms with van der Waals surface area (Å²) in [6.45, 7) is 2.67. The van der Waals surface area contributed by atoms with Crippen LogP contribution in [0.15, 0.2) is 34.7 Å². The molecule has 1 saturated heterocycles. The highest BCUT2D eigenvalue weighted by molar-refractivity contribution is 5.80. The Morgan fingerprint density at radius 1 is 1.33 bits per heavy atom. The van der Waals surface area contributed by atoms with Gasteiger partial charge in [0.05, 0.1) is 18.0 Å². The van der Waals surface area contributed by atoms with Crippen LogP contribution in [0.4, 0.5) is 0 Å². The van der Waals surface area contributed by atoms with Gasteiger partial charge in [-0.1, -0.05) is 18.2 Å². The fraction of sp³-hybridized carbons (Fsp3) is 0.389. The number of aliphatic carboxylic acids is 1. The third kappa shape index (κ3) is 3.48. The quantitative estimate of drug-likeness (QED) is 0.932. The molecule has 6 nitrogen and oxygen atoms in total. The highest BCUT2D eigenvalue weighted by Gasteiger charge is 2.28. The minimum absolute atomic E-state index is 0.100. The maximum atomic E-state index is 12.5. The van der Waals surface area contributed by atoms with E-state index in [1.807, 2.05) is 30.3 Å². The largest absolute Gasteiger partial charge is 0.481 e. The lowest BCUT2D eigenvalue weighted by atomic mass is 9.98. The van der Waals surface area contributed by atoms with Gasteiger partial charge in [-0.25, -0.2) is 4.98 Å². The Hall–Kier alpha value is -2.63. The highest BCUT2D eigenvalue weighted by atomic mass is 16.4. The van der Waals surface area contributed by atoms with Crippen LogP contribution in [-0.2, 0) is 16.0 Å². The van der Waals surface area contributed by atoms with Crippen molar-refractivity contribution in [2.75, 3.05) is 13.1 Å². The third-order valence-electron chi connectivity index (χ3n) is 4.36. The lowest BCUT2D eigenvalue weighted by Crippen LogP contribution is -2.43. The van der Waals surface area contributed by atoms with Crippen molar-refractivity contribution in [2.45, 2.75) is 26.2 Å². The number of aromatic nitrogens is 1. The second-order valence-electron chi connectivity index (χ2n) is 6.08. The van der Waals surface area contributed by atoms with E-state index in [0.29, 0.717) is 30.3 Å². The Morgan fingerprint density at radius 3 is 2.79 bits per heavy atom. The summed E-state index contributed by atoms with van der Waals surface area (Å²) in [7, 11) is 0. The average Bonchev–Trinajstić information content (AvgIpc) is 2.96. The predicted molar refractivity (Wildman–Crippen MR) is 87.3 cm³/mol. The van der Waals surface area contributed by atoms with Gasteiger partial charge in [0.15, 0.2) is 0 Å². The van der Waals surface area contributed by atoms with Gasteiger partial charge in [-0.2, -0.15) is 0 Å². The van der Waals surface area contributed by atoms with Gasteiger partial charge in [0, 0.05) is 18.7 Å². The van der Waals surface area contributed by atoms with Crippen molar-refractivity contribution in [2.24, 2.45) is 5.92 Å². The van der Waals surface area contributed by atoms with Crippen molar-refractivity contribution in [3.8, 4) is 11.5 Å². The van der Waals surface area contributed by atoms with Crippen LogP contribution in [0, 0.1) is 12.8 Å². The molecule has 1 aliphatic heterocycles. The standard InChI is InChI=1S/C18H20N2O4/c1-12-15(19-17(24-12)13-6-3-2-4-7-13)10-16(21)20-9-5-8-14(11-20)18(22)23/h2-4,6-7,14H,5,8-11H2,1H3,(H,22,23)/t14-/m0/s1. The summed E-state index contributed by atoms with van der Waals surface area (Å²) >= 11 is 0. The van der Waals surface area contributed by atoms with Crippen LogP contribution < -0.4 is 0 Å². The van der Waals surface area contributed by atoms with Crippen LogP contribution in [0.1, 0.15) is 24.3 Å². The molecule has 6 heteroatoms. The SMILES string of the molecule is Cc1oc(-c2ccccc2)nc1CC(=O)N1CCC[C@H](C(=O)O)C1. The minimum Gasteiger partial charge on any atom is -0.481 e. The number of carboxylic acids is 1. The van der Waals surface area contributed by atoms with Gasteiger partial charge >= 0.3 is 5.97 Å². The van der Waals surface area contributed by atoms with E-state index in [-0.39, 0.29) is 18.9 Å². The zero-order valence-electron chi connectivity index (χ0n) is 13.6. The zero-order valence-corrected chi connectivity index (χ0v) is 13.6. The summed E-state index contributed by atoms with van der Waals surface area (Å²) in [5.41, 5.74) is 1.47. The third-order valence-corrected chi connectivity index (χ3v) is 4.36. The number of carbonyl (C=O) groups is 2.